The molecule has 1 saturated heterocycles. The molecule has 0 amide bonds. The molecule has 0 aromatic heterocycles. The predicted molar refractivity (Wildman–Crippen MR) is 83.5 cm³/mol. The minimum absolute atomic E-state index is 0.141. The minimum atomic E-state index is -0.448. The number of benzene rings is 1. The maximum atomic E-state index is 14.4. The van der Waals surface area contributed by atoms with Crippen LogP contribution in [0.1, 0.15) is 46.1 Å². The quantitative estimate of drug-likeness (QED) is 0.900. The molecule has 0 radical (unpaired) electrons. The summed E-state index contributed by atoms with van der Waals surface area (Å²) in [5.74, 6) is -0.421. The Kier molecular flexibility index (Phi) is 5.20. The average Bonchev–Trinajstić information content (AvgIpc) is 2.39. The molecule has 0 spiro atoms. The van der Waals surface area contributed by atoms with Gasteiger partial charge in [-0.2, -0.15) is 0 Å². The van der Waals surface area contributed by atoms with Crippen LogP contribution in [0.25, 0.3) is 0 Å². The molecule has 1 aliphatic heterocycles. The molecule has 1 fully saturated rings. The Morgan fingerprint density at radius 2 is 1.81 bits per heavy atom. The van der Waals surface area contributed by atoms with Crippen LogP contribution in [-0.2, 0) is 6.54 Å². The van der Waals surface area contributed by atoms with Gasteiger partial charge in [-0.3, -0.25) is 0 Å². The average molecular weight is 296 g/mol. The van der Waals surface area contributed by atoms with Crippen molar-refractivity contribution in [1.29, 1.82) is 0 Å². The molecule has 0 bridgehead atoms. The Morgan fingerprint density at radius 3 is 2.38 bits per heavy atom. The van der Waals surface area contributed by atoms with E-state index in [4.69, 9.17) is 0 Å². The summed E-state index contributed by atoms with van der Waals surface area (Å²) in [6, 6.07) is 3.39. The summed E-state index contributed by atoms with van der Waals surface area (Å²) in [4.78, 5) is 1.89. The van der Waals surface area contributed by atoms with Gasteiger partial charge in [-0.05, 0) is 43.4 Å². The van der Waals surface area contributed by atoms with E-state index in [0.29, 0.717) is 24.1 Å². The van der Waals surface area contributed by atoms with Crippen molar-refractivity contribution in [1.82, 2.24) is 5.32 Å². The highest BCUT2D eigenvalue weighted by Crippen LogP contribution is 2.32. The van der Waals surface area contributed by atoms with E-state index < -0.39 is 11.6 Å². The number of rotatable bonds is 4. The molecule has 2 nitrogen and oxygen atoms in total. The second-order valence-electron chi connectivity index (χ2n) is 6.63. The van der Waals surface area contributed by atoms with Gasteiger partial charge in [0.1, 0.15) is 17.3 Å². The van der Waals surface area contributed by atoms with Crippen LogP contribution in [0.15, 0.2) is 12.1 Å². The van der Waals surface area contributed by atoms with Gasteiger partial charge in [0.15, 0.2) is 0 Å². The van der Waals surface area contributed by atoms with Crippen LogP contribution in [-0.4, -0.2) is 18.6 Å². The molecular formula is C17H26F2N2. The van der Waals surface area contributed by atoms with E-state index in [1.165, 1.54) is 12.1 Å². The second kappa shape index (κ2) is 6.73. The number of halogens is 2. The fraction of sp³-hybridized carbons (Fsp3) is 0.647. The standard InChI is InChI=1S/C17H26F2N2/c1-11(2)20-9-14-7-15(18)17(16(19)8-14)21-10-12(3)5-6-13(21)4/h7-8,11-13,20H,5-6,9-10H2,1-4H3. The summed E-state index contributed by atoms with van der Waals surface area (Å²) in [5, 5.41) is 3.18. The lowest BCUT2D eigenvalue weighted by Crippen LogP contribution is -2.42. The van der Waals surface area contributed by atoms with Crippen LogP contribution >= 0.6 is 0 Å². The fourth-order valence-electron chi connectivity index (χ4n) is 2.92. The Bertz CT molecular complexity index is 465. The van der Waals surface area contributed by atoms with E-state index in [2.05, 4.69) is 12.2 Å². The summed E-state index contributed by atoms with van der Waals surface area (Å²) in [6.07, 6.45) is 2.11. The maximum Gasteiger partial charge on any atom is 0.149 e. The molecule has 1 aromatic carbocycles. The van der Waals surface area contributed by atoms with Crippen LogP contribution in [0.2, 0.25) is 0 Å². The van der Waals surface area contributed by atoms with Crippen molar-refractivity contribution in [3.63, 3.8) is 0 Å². The van der Waals surface area contributed by atoms with E-state index in [1.54, 1.807) is 0 Å². The smallest absolute Gasteiger partial charge is 0.149 e. The number of anilines is 1. The zero-order valence-electron chi connectivity index (χ0n) is 13.4. The third-order valence-corrected chi connectivity index (χ3v) is 4.20. The maximum absolute atomic E-state index is 14.4. The van der Waals surface area contributed by atoms with Gasteiger partial charge in [0.05, 0.1) is 0 Å². The van der Waals surface area contributed by atoms with Crippen molar-refractivity contribution >= 4 is 5.69 Å². The number of hydrogen-bond acceptors (Lipinski definition) is 2. The van der Waals surface area contributed by atoms with Gasteiger partial charge in [-0.1, -0.05) is 20.8 Å². The number of piperidine rings is 1. The highest BCUT2D eigenvalue weighted by atomic mass is 19.1. The zero-order chi connectivity index (χ0) is 15.6. The SMILES string of the molecule is CC1CCC(C)N(c2c(F)cc(CNC(C)C)cc2F)C1. The predicted octanol–water partition coefficient (Wildman–Crippen LogP) is 4.09. The molecule has 1 aromatic rings. The third kappa shape index (κ3) is 3.94. The summed E-state index contributed by atoms with van der Waals surface area (Å²) in [5.41, 5.74) is 0.794. The van der Waals surface area contributed by atoms with Crippen LogP contribution < -0.4 is 10.2 Å². The summed E-state index contributed by atoms with van der Waals surface area (Å²) < 4.78 is 28.8. The van der Waals surface area contributed by atoms with Gasteiger partial charge in [-0.15, -0.1) is 0 Å². The van der Waals surface area contributed by atoms with Crippen molar-refractivity contribution in [2.45, 2.75) is 59.2 Å². The van der Waals surface area contributed by atoms with Crippen molar-refractivity contribution in [2.24, 2.45) is 5.92 Å². The summed E-state index contributed by atoms with van der Waals surface area (Å²) in [6.45, 7) is 9.40. The van der Waals surface area contributed by atoms with E-state index >= 15 is 0 Å². The van der Waals surface area contributed by atoms with Crippen LogP contribution in [0, 0.1) is 17.6 Å². The first kappa shape index (κ1) is 16.2. The molecule has 2 rings (SSSR count). The summed E-state index contributed by atoms with van der Waals surface area (Å²) in [7, 11) is 0. The molecule has 2 atom stereocenters. The summed E-state index contributed by atoms with van der Waals surface area (Å²) >= 11 is 0. The Hall–Kier alpha value is -1.16. The lowest BCUT2D eigenvalue weighted by molar-refractivity contribution is 0.381. The second-order valence-corrected chi connectivity index (χ2v) is 6.63. The molecular weight excluding hydrogens is 270 g/mol. The Balaban J connectivity index is 2.24. The topological polar surface area (TPSA) is 15.3 Å². The van der Waals surface area contributed by atoms with Crippen molar-refractivity contribution in [3.05, 3.63) is 29.3 Å². The zero-order valence-corrected chi connectivity index (χ0v) is 13.4. The van der Waals surface area contributed by atoms with Gasteiger partial charge in [0, 0.05) is 25.2 Å². The molecule has 1 N–H and O–H groups in total. The van der Waals surface area contributed by atoms with Gasteiger partial charge in [0.25, 0.3) is 0 Å². The van der Waals surface area contributed by atoms with Crippen molar-refractivity contribution in [3.8, 4) is 0 Å². The molecule has 2 unspecified atom stereocenters. The first-order valence-electron chi connectivity index (χ1n) is 7.86. The van der Waals surface area contributed by atoms with Crippen LogP contribution in [0.4, 0.5) is 14.5 Å². The molecule has 118 valence electrons. The molecule has 0 saturated carbocycles. The Labute approximate surface area is 126 Å². The van der Waals surface area contributed by atoms with Crippen molar-refractivity contribution in [2.75, 3.05) is 11.4 Å². The third-order valence-electron chi connectivity index (χ3n) is 4.20. The molecule has 4 heteroatoms. The van der Waals surface area contributed by atoms with Gasteiger partial charge < -0.3 is 10.2 Å². The Morgan fingerprint density at radius 1 is 1.19 bits per heavy atom. The monoisotopic (exact) mass is 296 g/mol. The van der Waals surface area contributed by atoms with Crippen LogP contribution in [0.3, 0.4) is 0 Å². The van der Waals surface area contributed by atoms with Gasteiger partial charge in [-0.25, -0.2) is 8.78 Å². The molecule has 1 aliphatic rings. The fourth-order valence-corrected chi connectivity index (χ4v) is 2.92. The highest BCUT2D eigenvalue weighted by molar-refractivity contribution is 5.52. The largest absolute Gasteiger partial charge is 0.364 e. The number of nitrogens with one attached hydrogen (secondary N) is 1. The normalized spacial score (nSPS) is 22.9. The van der Waals surface area contributed by atoms with E-state index in [-0.39, 0.29) is 11.7 Å². The first-order valence-corrected chi connectivity index (χ1v) is 7.86. The molecule has 21 heavy (non-hydrogen) atoms. The van der Waals surface area contributed by atoms with E-state index in [9.17, 15) is 8.78 Å². The van der Waals surface area contributed by atoms with Gasteiger partial charge >= 0.3 is 0 Å². The molecule has 1 heterocycles. The van der Waals surface area contributed by atoms with Gasteiger partial charge in [0.2, 0.25) is 0 Å². The molecule has 0 aliphatic carbocycles. The number of hydrogen-bond donors (Lipinski definition) is 1. The van der Waals surface area contributed by atoms with E-state index in [0.717, 1.165) is 19.4 Å². The minimum Gasteiger partial charge on any atom is -0.364 e. The first-order chi connectivity index (χ1) is 9.88. The van der Waals surface area contributed by atoms with E-state index in [1.807, 2.05) is 25.7 Å². The lowest BCUT2D eigenvalue weighted by atomic mass is 9.94. The van der Waals surface area contributed by atoms with Crippen molar-refractivity contribution < 1.29 is 8.78 Å². The highest BCUT2D eigenvalue weighted by Gasteiger charge is 2.27. The number of nitrogens with zero attached hydrogens (tertiary/aromatic N) is 1. The van der Waals surface area contributed by atoms with Crippen LogP contribution in [0.5, 0.6) is 0 Å². The lowest BCUT2D eigenvalue weighted by Gasteiger charge is -2.38.